The molecule has 6 heteroatoms. The molecule has 1 aromatic heterocycles. The van der Waals surface area contributed by atoms with Crippen molar-refractivity contribution in [3.63, 3.8) is 0 Å². The predicted octanol–water partition coefficient (Wildman–Crippen LogP) is 7.91. The van der Waals surface area contributed by atoms with Crippen LogP contribution in [0.3, 0.4) is 0 Å². The number of nitrogens with one attached hydrogen (secondary N) is 2. The van der Waals surface area contributed by atoms with E-state index in [-0.39, 0.29) is 18.4 Å². The van der Waals surface area contributed by atoms with E-state index in [1.165, 1.54) is 57.8 Å². The Hall–Kier alpha value is -3.41. The maximum Gasteiger partial charge on any atom is 0.244 e. The van der Waals surface area contributed by atoms with Gasteiger partial charge in [-0.3, -0.25) is 9.59 Å². The molecule has 210 valence electrons. The van der Waals surface area contributed by atoms with E-state index >= 15 is 0 Å². The molecule has 0 atom stereocenters. The fourth-order valence-corrected chi connectivity index (χ4v) is 4.85. The van der Waals surface area contributed by atoms with Crippen LogP contribution in [-0.4, -0.2) is 28.1 Å². The van der Waals surface area contributed by atoms with Crippen LogP contribution in [0.25, 0.3) is 16.9 Å². The number of anilines is 1. The molecule has 0 unspecified atom stereocenters. The third kappa shape index (κ3) is 10.3. The van der Waals surface area contributed by atoms with Crippen LogP contribution in [0.1, 0.15) is 95.1 Å². The second-order valence-electron chi connectivity index (χ2n) is 10.6. The number of aromatic nitrogens is 2. The molecule has 39 heavy (non-hydrogen) atoms. The summed E-state index contributed by atoms with van der Waals surface area (Å²) in [5.74, 6) is 0.229. The summed E-state index contributed by atoms with van der Waals surface area (Å²) in [4.78, 5) is 25.1. The summed E-state index contributed by atoms with van der Waals surface area (Å²) in [7, 11) is 0. The van der Waals surface area contributed by atoms with Crippen molar-refractivity contribution < 1.29 is 9.59 Å². The lowest BCUT2D eigenvalue weighted by atomic mass is 10.1. The number of unbranched alkanes of at least 4 members (excludes halogenated alkanes) is 10. The van der Waals surface area contributed by atoms with Crippen LogP contribution in [0.5, 0.6) is 0 Å². The first-order valence-electron chi connectivity index (χ1n) is 14.8. The lowest BCUT2D eigenvalue weighted by molar-refractivity contribution is -0.124. The fraction of sp³-hybridized carbons (Fsp3) is 0.485. The minimum atomic E-state index is -0.271. The number of carbonyl (C=O) groups excluding carboxylic acids is 2. The molecule has 1 heterocycles. The first kappa shape index (κ1) is 30.1. The topological polar surface area (TPSA) is 76.0 Å². The number of rotatable bonds is 17. The first-order valence-corrected chi connectivity index (χ1v) is 14.8. The van der Waals surface area contributed by atoms with E-state index in [0.717, 1.165) is 40.9 Å². The van der Waals surface area contributed by atoms with Crippen LogP contribution < -0.4 is 10.6 Å². The summed E-state index contributed by atoms with van der Waals surface area (Å²) in [6.45, 7) is 6.28. The molecule has 0 fully saturated rings. The summed E-state index contributed by atoms with van der Waals surface area (Å²) < 4.78 is 1.77. The monoisotopic (exact) mass is 530 g/mol. The zero-order valence-electron chi connectivity index (χ0n) is 24.1. The van der Waals surface area contributed by atoms with Crippen LogP contribution >= 0.6 is 0 Å². The lowest BCUT2D eigenvalue weighted by Crippen LogP contribution is -2.33. The molecule has 2 amide bonds. The molecule has 0 aliphatic rings. The molecule has 0 saturated heterocycles. The number of carbonyl (C=O) groups is 2. The average molecular weight is 531 g/mol. The second kappa shape index (κ2) is 16.5. The maximum absolute atomic E-state index is 12.8. The summed E-state index contributed by atoms with van der Waals surface area (Å²) >= 11 is 0. The smallest absolute Gasteiger partial charge is 0.244 e. The normalized spacial score (nSPS) is 10.9. The van der Waals surface area contributed by atoms with Gasteiger partial charge in [0.15, 0.2) is 0 Å². The van der Waals surface area contributed by atoms with Crippen LogP contribution in [-0.2, 0) is 9.59 Å². The third-order valence-electron chi connectivity index (χ3n) is 7.08. The minimum Gasteiger partial charge on any atom is -0.347 e. The molecule has 0 spiro atoms. The van der Waals surface area contributed by atoms with Crippen molar-refractivity contribution in [1.29, 1.82) is 0 Å². The Bertz CT molecular complexity index is 1170. The zero-order valence-corrected chi connectivity index (χ0v) is 24.1. The molecule has 2 N–H and O–H groups in total. The molecular formula is C33H46N4O2. The van der Waals surface area contributed by atoms with Crippen molar-refractivity contribution >= 4 is 17.6 Å². The van der Waals surface area contributed by atoms with Crippen LogP contribution in [0, 0.1) is 13.8 Å². The highest BCUT2D eigenvalue weighted by molar-refractivity contribution is 5.94. The van der Waals surface area contributed by atoms with E-state index in [4.69, 9.17) is 5.10 Å². The largest absolute Gasteiger partial charge is 0.347 e. The summed E-state index contributed by atoms with van der Waals surface area (Å²) in [5.41, 5.74) is 4.87. The number of aryl methyl sites for hydroxylation is 2. The standard InChI is InChI=1S/C33H46N4O2/c1-4-5-6-7-8-9-10-11-12-13-17-20-32(38)34-25-33(39)35-31-24-29(28-18-15-14-16-19-28)36-37(31)30-22-21-26(2)23-27(30)3/h14-16,18-19,21-24H,4-13,17,20,25H2,1-3H3,(H,34,38)(H,35,39). The molecule has 0 aliphatic carbocycles. The second-order valence-corrected chi connectivity index (χ2v) is 10.6. The van der Waals surface area contributed by atoms with E-state index in [0.29, 0.717) is 12.2 Å². The number of nitrogens with zero attached hydrogens (tertiary/aromatic N) is 2. The van der Waals surface area contributed by atoms with Crippen LogP contribution in [0.4, 0.5) is 5.82 Å². The van der Waals surface area contributed by atoms with Gasteiger partial charge in [-0.05, 0) is 31.9 Å². The van der Waals surface area contributed by atoms with E-state index in [1.807, 2.05) is 55.5 Å². The molecule has 0 saturated carbocycles. The fourth-order valence-electron chi connectivity index (χ4n) is 4.85. The van der Waals surface area contributed by atoms with Crippen molar-refractivity contribution in [2.45, 2.75) is 97.8 Å². The van der Waals surface area contributed by atoms with Gasteiger partial charge in [-0.25, -0.2) is 4.68 Å². The van der Waals surface area contributed by atoms with Gasteiger partial charge in [0.05, 0.1) is 17.9 Å². The highest BCUT2D eigenvalue weighted by Gasteiger charge is 2.16. The number of amides is 2. The summed E-state index contributed by atoms with van der Waals surface area (Å²) in [6, 6.07) is 17.9. The molecule has 0 bridgehead atoms. The quantitative estimate of drug-likeness (QED) is 0.174. The highest BCUT2D eigenvalue weighted by atomic mass is 16.2. The number of hydrogen-bond acceptors (Lipinski definition) is 3. The van der Waals surface area contributed by atoms with E-state index < -0.39 is 0 Å². The van der Waals surface area contributed by atoms with Crippen molar-refractivity contribution in [3.8, 4) is 16.9 Å². The van der Waals surface area contributed by atoms with Crippen molar-refractivity contribution in [2.24, 2.45) is 0 Å². The molecule has 0 aliphatic heterocycles. The molecule has 3 rings (SSSR count). The van der Waals surface area contributed by atoms with Crippen molar-refractivity contribution in [1.82, 2.24) is 15.1 Å². The zero-order chi connectivity index (χ0) is 27.9. The summed E-state index contributed by atoms with van der Waals surface area (Å²) in [6.07, 6.45) is 14.2. The molecule has 6 nitrogen and oxygen atoms in total. The third-order valence-corrected chi connectivity index (χ3v) is 7.08. The number of benzene rings is 2. The van der Waals surface area contributed by atoms with Crippen molar-refractivity contribution in [3.05, 3.63) is 65.7 Å². The lowest BCUT2D eigenvalue weighted by Gasteiger charge is -2.12. The molecular weight excluding hydrogens is 484 g/mol. The van der Waals surface area contributed by atoms with Gasteiger partial charge in [-0.2, -0.15) is 5.10 Å². The van der Waals surface area contributed by atoms with Crippen molar-refractivity contribution in [2.75, 3.05) is 11.9 Å². The Labute approximate surface area is 234 Å². The minimum absolute atomic E-state index is 0.0599. The molecule has 3 aromatic rings. The highest BCUT2D eigenvalue weighted by Crippen LogP contribution is 2.26. The Morgan fingerprint density at radius 1 is 0.769 bits per heavy atom. The average Bonchev–Trinajstić information content (AvgIpc) is 3.34. The van der Waals surface area contributed by atoms with E-state index in [1.54, 1.807) is 4.68 Å². The van der Waals surface area contributed by atoms with Gasteiger partial charge in [-0.1, -0.05) is 119 Å². The van der Waals surface area contributed by atoms with Gasteiger partial charge in [0, 0.05) is 18.1 Å². The SMILES string of the molecule is CCCCCCCCCCCCCC(=O)NCC(=O)Nc1cc(-c2ccccc2)nn1-c1ccc(C)cc1C. The molecule has 2 aromatic carbocycles. The van der Waals surface area contributed by atoms with Gasteiger partial charge in [0.25, 0.3) is 0 Å². The maximum atomic E-state index is 12.8. The van der Waals surface area contributed by atoms with E-state index in [2.05, 4.69) is 30.5 Å². The summed E-state index contributed by atoms with van der Waals surface area (Å²) in [5, 5.41) is 10.5. The van der Waals surface area contributed by atoms with Gasteiger partial charge < -0.3 is 10.6 Å². The Balaban J connectivity index is 1.45. The predicted molar refractivity (Wildman–Crippen MR) is 161 cm³/mol. The Morgan fingerprint density at radius 2 is 1.41 bits per heavy atom. The van der Waals surface area contributed by atoms with Crippen LogP contribution in [0.2, 0.25) is 0 Å². The Kier molecular flexibility index (Phi) is 12.8. The molecule has 0 radical (unpaired) electrons. The van der Waals surface area contributed by atoms with Gasteiger partial charge in [-0.15, -0.1) is 0 Å². The van der Waals surface area contributed by atoms with Gasteiger partial charge in [0.2, 0.25) is 11.8 Å². The van der Waals surface area contributed by atoms with Gasteiger partial charge in [0.1, 0.15) is 5.82 Å². The van der Waals surface area contributed by atoms with Crippen LogP contribution in [0.15, 0.2) is 54.6 Å². The Morgan fingerprint density at radius 3 is 2.05 bits per heavy atom. The first-order chi connectivity index (χ1) is 19.0. The van der Waals surface area contributed by atoms with E-state index in [9.17, 15) is 9.59 Å². The van der Waals surface area contributed by atoms with Gasteiger partial charge >= 0.3 is 0 Å². The number of hydrogen-bond donors (Lipinski definition) is 2.